The number of hydrogen-bond donors (Lipinski definition) is 2. The highest BCUT2D eigenvalue weighted by Gasteiger charge is 2.26. The Balaban J connectivity index is 1.75. The summed E-state index contributed by atoms with van der Waals surface area (Å²) >= 11 is 0. The van der Waals surface area contributed by atoms with Crippen LogP contribution in [0.2, 0.25) is 0 Å². The zero-order chi connectivity index (χ0) is 23.3. The Morgan fingerprint density at radius 2 is 2.00 bits per heavy atom. The summed E-state index contributed by atoms with van der Waals surface area (Å²) in [7, 11) is 2.11. The summed E-state index contributed by atoms with van der Waals surface area (Å²) < 4.78 is 11.2. The summed E-state index contributed by atoms with van der Waals surface area (Å²) in [6.45, 7) is 8.88. The second-order valence-electron chi connectivity index (χ2n) is 8.83. The van der Waals surface area contributed by atoms with Crippen molar-refractivity contribution in [1.82, 2.24) is 20.5 Å². The zero-order valence-electron chi connectivity index (χ0n) is 19.0. The summed E-state index contributed by atoms with van der Waals surface area (Å²) in [5.74, 6) is -0.207. The molecule has 10 nitrogen and oxygen atoms in total. The van der Waals surface area contributed by atoms with Gasteiger partial charge in [0.25, 0.3) is 0 Å². The van der Waals surface area contributed by atoms with E-state index in [-0.39, 0.29) is 13.0 Å². The van der Waals surface area contributed by atoms with E-state index in [9.17, 15) is 9.59 Å². The topological polar surface area (TPSA) is 124 Å². The normalized spacial score (nSPS) is 15.8. The molecule has 10 heteroatoms. The van der Waals surface area contributed by atoms with Crippen LogP contribution in [0, 0.1) is 11.3 Å². The molecule has 1 atom stereocenters. The number of ether oxygens (including phenoxy) is 1. The van der Waals surface area contributed by atoms with Gasteiger partial charge in [-0.1, -0.05) is 0 Å². The van der Waals surface area contributed by atoms with Gasteiger partial charge in [0.1, 0.15) is 23.7 Å². The highest BCUT2D eigenvalue weighted by molar-refractivity contribution is 5.86. The Hall–Kier alpha value is -3.32. The average molecular weight is 443 g/mol. The predicted molar refractivity (Wildman–Crippen MR) is 119 cm³/mol. The van der Waals surface area contributed by atoms with Crippen LogP contribution in [0.15, 0.2) is 22.6 Å². The Kier molecular flexibility index (Phi) is 7.20. The first-order valence-corrected chi connectivity index (χ1v) is 10.6. The molecular formula is C22H30N6O4. The Labute approximate surface area is 187 Å². The van der Waals surface area contributed by atoms with Crippen LogP contribution in [-0.2, 0) is 16.0 Å². The minimum absolute atomic E-state index is 0.0228. The van der Waals surface area contributed by atoms with Gasteiger partial charge in [0.15, 0.2) is 11.5 Å². The molecule has 2 aromatic rings. The number of fused-ring (bicyclic) bond motifs is 1. The lowest BCUT2D eigenvalue weighted by Crippen LogP contribution is -2.49. The van der Waals surface area contributed by atoms with E-state index in [2.05, 4.69) is 32.5 Å². The lowest BCUT2D eigenvalue weighted by molar-refractivity contribution is -0.123. The maximum Gasteiger partial charge on any atom is 0.408 e. The van der Waals surface area contributed by atoms with Crippen molar-refractivity contribution in [2.75, 3.05) is 44.7 Å². The number of benzene rings is 1. The third-order valence-electron chi connectivity index (χ3n) is 5.01. The number of alkyl carbamates (subject to hydrolysis) is 1. The molecule has 2 amide bonds. The minimum Gasteiger partial charge on any atom is -0.444 e. The molecule has 1 aromatic carbocycles. The van der Waals surface area contributed by atoms with Crippen LogP contribution in [0.25, 0.3) is 11.1 Å². The van der Waals surface area contributed by atoms with E-state index < -0.39 is 23.6 Å². The molecule has 3 rings (SSSR count). The van der Waals surface area contributed by atoms with Gasteiger partial charge in [-0.2, -0.15) is 5.26 Å². The summed E-state index contributed by atoms with van der Waals surface area (Å²) in [4.78, 5) is 33.8. The van der Waals surface area contributed by atoms with E-state index >= 15 is 0 Å². The largest absolute Gasteiger partial charge is 0.444 e. The van der Waals surface area contributed by atoms with Crippen LogP contribution in [-0.4, -0.2) is 73.3 Å². The number of likely N-dealkylation sites (N-methyl/N-ethyl adjacent to an activating group) is 1. The third-order valence-corrected chi connectivity index (χ3v) is 5.01. The van der Waals surface area contributed by atoms with Gasteiger partial charge in [0.05, 0.1) is 12.5 Å². The number of amides is 2. The summed E-state index contributed by atoms with van der Waals surface area (Å²) in [5, 5.41) is 13.8. The number of nitriles is 1. The molecule has 0 bridgehead atoms. The molecule has 1 aliphatic heterocycles. The van der Waals surface area contributed by atoms with E-state index in [1.54, 1.807) is 20.8 Å². The molecule has 0 saturated carbocycles. The Morgan fingerprint density at radius 3 is 2.66 bits per heavy atom. The molecular weight excluding hydrogens is 412 g/mol. The van der Waals surface area contributed by atoms with Crippen molar-refractivity contribution in [3.63, 3.8) is 0 Å². The van der Waals surface area contributed by atoms with E-state index in [0.717, 1.165) is 31.9 Å². The van der Waals surface area contributed by atoms with Crippen molar-refractivity contribution in [3.8, 4) is 6.07 Å². The quantitative estimate of drug-likeness (QED) is 0.648. The van der Waals surface area contributed by atoms with Gasteiger partial charge < -0.3 is 29.6 Å². The number of rotatable bonds is 6. The minimum atomic E-state index is -0.997. The molecule has 32 heavy (non-hydrogen) atoms. The van der Waals surface area contributed by atoms with Crippen LogP contribution < -0.4 is 15.5 Å². The van der Waals surface area contributed by atoms with E-state index in [1.165, 1.54) is 0 Å². The van der Waals surface area contributed by atoms with Gasteiger partial charge in [-0.15, -0.1) is 0 Å². The summed E-state index contributed by atoms with van der Waals surface area (Å²) in [5.41, 5.74) is 1.63. The number of carbonyl (C=O) groups excluding carboxylic acids is 2. The van der Waals surface area contributed by atoms with Gasteiger partial charge >= 0.3 is 6.09 Å². The van der Waals surface area contributed by atoms with Crippen molar-refractivity contribution in [2.45, 2.75) is 38.8 Å². The lowest BCUT2D eigenvalue weighted by atomic mass is 10.2. The number of aromatic nitrogens is 1. The van der Waals surface area contributed by atoms with Crippen LogP contribution in [0.1, 0.15) is 26.7 Å². The van der Waals surface area contributed by atoms with E-state index in [4.69, 9.17) is 14.4 Å². The van der Waals surface area contributed by atoms with Gasteiger partial charge in [-0.3, -0.25) is 4.79 Å². The average Bonchev–Trinajstić information content (AvgIpc) is 3.12. The molecule has 2 heterocycles. The number of oxazole rings is 1. The lowest BCUT2D eigenvalue weighted by Gasteiger charge is -2.33. The van der Waals surface area contributed by atoms with Crippen molar-refractivity contribution in [2.24, 2.45) is 0 Å². The first kappa shape index (κ1) is 23.3. The maximum absolute atomic E-state index is 12.5. The van der Waals surface area contributed by atoms with Crippen molar-refractivity contribution in [3.05, 3.63) is 24.1 Å². The molecule has 1 fully saturated rings. The van der Waals surface area contributed by atoms with Gasteiger partial charge in [-0.05, 0) is 40.0 Å². The van der Waals surface area contributed by atoms with Crippen molar-refractivity contribution in [1.29, 1.82) is 5.26 Å². The van der Waals surface area contributed by atoms with Gasteiger partial charge in [0.2, 0.25) is 5.91 Å². The van der Waals surface area contributed by atoms with Gasteiger partial charge in [-0.25, -0.2) is 9.78 Å². The molecule has 0 radical (unpaired) electrons. The fraction of sp³-hybridized carbons (Fsp3) is 0.545. The molecule has 1 saturated heterocycles. The Bertz CT molecular complexity index is 998. The molecule has 1 aliphatic rings. The number of nitrogens with one attached hydrogen (secondary N) is 2. The third kappa shape index (κ3) is 6.34. The molecule has 0 unspecified atom stereocenters. The number of hydrogen-bond acceptors (Lipinski definition) is 8. The monoisotopic (exact) mass is 442 g/mol. The predicted octanol–water partition coefficient (Wildman–Crippen LogP) is 1.66. The van der Waals surface area contributed by atoms with E-state index in [0.29, 0.717) is 17.0 Å². The Morgan fingerprint density at radius 1 is 1.28 bits per heavy atom. The fourth-order valence-corrected chi connectivity index (χ4v) is 3.39. The van der Waals surface area contributed by atoms with Crippen molar-refractivity contribution < 1.29 is 18.7 Å². The first-order valence-electron chi connectivity index (χ1n) is 10.6. The number of nitrogens with zero attached hydrogens (tertiary/aromatic N) is 4. The highest BCUT2D eigenvalue weighted by Crippen LogP contribution is 2.24. The van der Waals surface area contributed by atoms with Crippen LogP contribution in [0.3, 0.4) is 0 Å². The zero-order valence-corrected chi connectivity index (χ0v) is 19.0. The number of piperazine rings is 1. The van der Waals surface area contributed by atoms with Crippen LogP contribution >= 0.6 is 0 Å². The van der Waals surface area contributed by atoms with Crippen LogP contribution in [0.4, 0.5) is 10.5 Å². The molecule has 1 aromatic heterocycles. The number of anilines is 1. The van der Waals surface area contributed by atoms with Gasteiger partial charge in [0, 0.05) is 37.9 Å². The smallest absolute Gasteiger partial charge is 0.408 e. The molecule has 0 spiro atoms. The fourth-order valence-electron chi connectivity index (χ4n) is 3.39. The second kappa shape index (κ2) is 9.87. The number of carbonyl (C=O) groups is 2. The van der Waals surface area contributed by atoms with Crippen molar-refractivity contribution >= 4 is 28.8 Å². The van der Waals surface area contributed by atoms with E-state index in [1.807, 2.05) is 24.3 Å². The molecule has 172 valence electrons. The summed E-state index contributed by atoms with van der Waals surface area (Å²) in [6, 6.07) is 6.70. The standard InChI is InChI=1S/C22H30N6O4/c1-22(2,3)32-21(30)26-17(20(29)24-8-7-23)14-19-25-16-6-5-15(13-18(16)31-19)28-11-9-27(4)10-12-28/h5-6,13,17H,8-12,14H2,1-4H3,(H,24,29)(H,26,30)/t17-/m0/s1. The first-order chi connectivity index (χ1) is 15.1. The molecule has 2 N–H and O–H groups in total. The maximum atomic E-state index is 12.5. The molecule has 0 aliphatic carbocycles. The second-order valence-corrected chi connectivity index (χ2v) is 8.83. The SMILES string of the molecule is CN1CCN(c2ccc3nc(C[C@H](NC(=O)OC(C)(C)C)C(=O)NCC#N)oc3c2)CC1. The highest BCUT2D eigenvalue weighted by atomic mass is 16.6. The summed E-state index contributed by atoms with van der Waals surface area (Å²) in [6.07, 6.45) is -0.710. The van der Waals surface area contributed by atoms with Crippen LogP contribution in [0.5, 0.6) is 0 Å².